The highest BCUT2D eigenvalue weighted by atomic mass is 32.2. The summed E-state index contributed by atoms with van der Waals surface area (Å²) in [5.41, 5.74) is -0.0240. The minimum absolute atomic E-state index is 0.0240. The predicted molar refractivity (Wildman–Crippen MR) is 94.0 cm³/mol. The van der Waals surface area contributed by atoms with Crippen LogP contribution in [0, 0.1) is 5.92 Å². The molecule has 0 aliphatic rings. The normalized spacial score (nSPS) is 15.2. The van der Waals surface area contributed by atoms with Crippen LogP contribution in [-0.4, -0.2) is 26.9 Å². The number of sulfonamides is 1. The zero-order valence-electron chi connectivity index (χ0n) is 14.3. The number of rotatable bonds is 5. The van der Waals surface area contributed by atoms with Gasteiger partial charge >= 0.3 is 0 Å². The van der Waals surface area contributed by atoms with Crippen molar-refractivity contribution in [1.82, 2.24) is 4.72 Å². The predicted octanol–water partition coefficient (Wildman–Crippen LogP) is 2.88. The fourth-order valence-electron chi connectivity index (χ4n) is 2.51. The molecule has 0 saturated heterocycles. The maximum Gasteiger partial charge on any atom is 0.216 e. The molecule has 0 spiro atoms. The number of nitrogens with one attached hydrogen (secondary N) is 1. The van der Waals surface area contributed by atoms with Crippen LogP contribution < -0.4 is 9.91 Å². The van der Waals surface area contributed by atoms with E-state index in [1.807, 2.05) is 18.2 Å². The molecular formula is C16H29NO2SSi. The van der Waals surface area contributed by atoms with Gasteiger partial charge < -0.3 is 0 Å². The molecule has 0 radical (unpaired) electrons. The van der Waals surface area contributed by atoms with Crippen molar-refractivity contribution in [3.63, 3.8) is 0 Å². The Labute approximate surface area is 131 Å². The molecule has 0 aliphatic carbocycles. The largest absolute Gasteiger partial charge is 0.216 e. The van der Waals surface area contributed by atoms with Gasteiger partial charge in [0.25, 0.3) is 0 Å². The second kappa shape index (κ2) is 6.22. The van der Waals surface area contributed by atoms with Crippen LogP contribution in [-0.2, 0) is 10.0 Å². The van der Waals surface area contributed by atoms with Gasteiger partial charge in [0.1, 0.15) is 8.07 Å². The second-order valence-corrected chi connectivity index (χ2v) is 14.7. The van der Waals surface area contributed by atoms with Crippen molar-refractivity contribution in [3.8, 4) is 0 Å². The molecule has 21 heavy (non-hydrogen) atoms. The van der Waals surface area contributed by atoms with Crippen molar-refractivity contribution in [2.45, 2.75) is 58.1 Å². The maximum atomic E-state index is 12.6. The van der Waals surface area contributed by atoms with Crippen molar-refractivity contribution in [1.29, 1.82) is 0 Å². The van der Waals surface area contributed by atoms with Crippen LogP contribution in [0.3, 0.4) is 0 Å². The lowest BCUT2D eigenvalue weighted by Gasteiger charge is -2.38. The average Bonchev–Trinajstić information content (AvgIpc) is 2.35. The Morgan fingerprint density at radius 2 is 1.52 bits per heavy atom. The first-order chi connectivity index (χ1) is 9.39. The van der Waals surface area contributed by atoms with Crippen molar-refractivity contribution >= 4 is 23.3 Å². The third-order valence-electron chi connectivity index (χ3n) is 4.05. The number of benzene rings is 1. The van der Waals surface area contributed by atoms with Gasteiger partial charge in [-0.05, 0) is 26.7 Å². The lowest BCUT2D eigenvalue weighted by Crippen LogP contribution is -2.63. The summed E-state index contributed by atoms with van der Waals surface area (Å²) in [6.07, 6.45) is 0. The summed E-state index contributed by atoms with van der Waals surface area (Å²) >= 11 is 0. The van der Waals surface area contributed by atoms with E-state index in [0.29, 0.717) is 0 Å². The Balaban J connectivity index is 3.20. The van der Waals surface area contributed by atoms with Gasteiger partial charge in [-0.1, -0.05) is 62.5 Å². The Hall–Kier alpha value is -0.653. The molecule has 0 fully saturated rings. The van der Waals surface area contributed by atoms with E-state index in [4.69, 9.17) is 0 Å². The first-order valence-electron chi connectivity index (χ1n) is 7.47. The standard InChI is InChI=1S/C16H29NO2SSi/c1-13(2)15(17-20(18,19)16(3,4)5)21(6,7)14-11-9-8-10-12-14/h8-13,15,17H,1-7H3/t15-/m1/s1. The first kappa shape index (κ1) is 18.4. The Kier molecular flexibility index (Phi) is 5.45. The summed E-state index contributed by atoms with van der Waals surface area (Å²) in [5.74, 6) is 0.254. The van der Waals surface area contributed by atoms with Gasteiger partial charge in [-0.3, -0.25) is 0 Å². The Bertz CT molecular complexity index is 560. The van der Waals surface area contributed by atoms with Crippen LogP contribution >= 0.6 is 0 Å². The fraction of sp³-hybridized carbons (Fsp3) is 0.625. The second-order valence-electron chi connectivity index (χ2n) is 7.54. The molecule has 120 valence electrons. The molecule has 1 atom stereocenters. The van der Waals surface area contributed by atoms with Crippen molar-refractivity contribution in [2.24, 2.45) is 5.92 Å². The van der Waals surface area contributed by atoms with Gasteiger partial charge in [-0.2, -0.15) is 0 Å². The Morgan fingerprint density at radius 3 is 1.90 bits per heavy atom. The van der Waals surface area contributed by atoms with Crippen LogP contribution in [0.2, 0.25) is 13.1 Å². The van der Waals surface area contributed by atoms with E-state index in [0.717, 1.165) is 0 Å². The molecule has 0 heterocycles. The molecular weight excluding hydrogens is 298 g/mol. The molecule has 0 aliphatic heterocycles. The third kappa shape index (κ3) is 4.17. The third-order valence-corrected chi connectivity index (χ3v) is 10.6. The lowest BCUT2D eigenvalue weighted by molar-refractivity contribution is 0.506. The van der Waals surface area contributed by atoms with E-state index in [9.17, 15) is 8.42 Å². The van der Waals surface area contributed by atoms with E-state index < -0.39 is 22.8 Å². The summed E-state index contributed by atoms with van der Waals surface area (Å²) < 4.78 is 27.3. The highest BCUT2D eigenvalue weighted by molar-refractivity contribution is 7.90. The van der Waals surface area contributed by atoms with Crippen molar-refractivity contribution < 1.29 is 8.42 Å². The van der Waals surface area contributed by atoms with E-state index >= 15 is 0 Å². The number of hydrogen-bond acceptors (Lipinski definition) is 2. The smallest absolute Gasteiger partial charge is 0.214 e. The number of hydrogen-bond donors (Lipinski definition) is 1. The molecule has 5 heteroatoms. The molecule has 1 N–H and O–H groups in total. The molecule has 1 aromatic carbocycles. The van der Waals surface area contributed by atoms with Gasteiger partial charge in [0.2, 0.25) is 10.0 Å². The monoisotopic (exact) mass is 327 g/mol. The maximum absolute atomic E-state index is 12.6. The van der Waals surface area contributed by atoms with E-state index in [2.05, 4.69) is 43.8 Å². The summed E-state index contributed by atoms with van der Waals surface area (Å²) in [6, 6.07) is 10.3. The van der Waals surface area contributed by atoms with Crippen LogP contribution in [0.4, 0.5) is 0 Å². The molecule has 0 bridgehead atoms. The van der Waals surface area contributed by atoms with Crippen LogP contribution in [0.1, 0.15) is 34.6 Å². The van der Waals surface area contributed by atoms with E-state index in [-0.39, 0.29) is 11.6 Å². The van der Waals surface area contributed by atoms with E-state index in [1.165, 1.54) is 5.19 Å². The molecule has 0 amide bonds. The highest BCUT2D eigenvalue weighted by Gasteiger charge is 2.41. The molecule has 0 unspecified atom stereocenters. The summed E-state index contributed by atoms with van der Waals surface area (Å²) in [5, 5.41) is 1.28. The van der Waals surface area contributed by atoms with Crippen LogP contribution in [0.15, 0.2) is 30.3 Å². The van der Waals surface area contributed by atoms with Crippen LogP contribution in [0.5, 0.6) is 0 Å². The molecule has 1 rings (SSSR count). The Morgan fingerprint density at radius 1 is 1.05 bits per heavy atom. The lowest BCUT2D eigenvalue weighted by atomic mass is 10.2. The van der Waals surface area contributed by atoms with E-state index in [1.54, 1.807) is 20.8 Å². The first-order valence-corrected chi connectivity index (χ1v) is 12.0. The SMILES string of the molecule is CC(C)[C@H](NS(=O)(=O)C(C)(C)C)[Si](C)(C)c1ccccc1. The zero-order valence-corrected chi connectivity index (χ0v) is 16.1. The summed E-state index contributed by atoms with van der Waals surface area (Å²) in [4.78, 5) is 0. The summed E-state index contributed by atoms with van der Waals surface area (Å²) in [7, 11) is -5.30. The highest BCUT2D eigenvalue weighted by Crippen LogP contribution is 2.21. The fourth-order valence-corrected chi connectivity index (χ4v) is 8.19. The van der Waals surface area contributed by atoms with Gasteiger partial charge in [0.05, 0.1) is 4.75 Å². The minimum atomic E-state index is -3.35. The van der Waals surface area contributed by atoms with Gasteiger partial charge in [-0.25, -0.2) is 13.1 Å². The minimum Gasteiger partial charge on any atom is -0.214 e. The quantitative estimate of drug-likeness (QED) is 0.845. The van der Waals surface area contributed by atoms with Crippen molar-refractivity contribution in [2.75, 3.05) is 0 Å². The molecule has 3 nitrogen and oxygen atoms in total. The van der Waals surface area contributed by atoms with Gasteiger partial charge in [0.15, 0.2) is 0 Å². The molecule has 0 aromatic heterocycles. The topological polar surface area (TPSA) is 46.2 Å². The molecule has 0 saturated carbocycles. The zero-order chi connectivity index (χ0) is 16.5. The average molecular weight is 328 g/mol. The van der Waals surface area contributed by atoms with Crippen molar-refractivity contribution in [3.05, 3.63) is 30.3 Å². The van der Waals surface area contributed by atoms with Gasteiger partial charge in [-0.15, -0.1) is 0 Å². The van der Waals surface area contributed by atoms with Gasteiger partial charge in [0, 0.05) is 5.67 Å². The van der Waals surface area contributed by atoms with Crippen LogP contribution in [0.25, 0.3) is 0 Å². The summed E-state index contributed by atoms with van der Waals surface area (Å²) in [6.45, 7) is 13.9. The molecule has 1 aromatic rings.